The number of hydrogen-bond donors (Lipinski definition) is 0. The van der Waals surface area contributed by atoms with Crippen LogP contribution >= 0.6 is 5.47 Å². The average Bonchev–Trinajstić information content (AvgIpc) is 2.15. The van der Waals surface area contributed by atoms with E-state index < -0.39 is 5.47 Å². The van der Waals surface area contributed by atoms with Gasteiger partial charge in [0.05, 0.1) is 6.61 Å². The Morgan fingerprint density at radius 3 is 2.21 bits per heavy atom. The lowest BCUT2D eigenvalue weighted by molar-refractivity contribution is 0.271. The summed E-state index contributed by atoms with van der Waals surface area (Å²) in [6, 6.07) is 7.79. The van der Waals surface area contributed by atoms with Crippen molar-refractivity contribution in [3.05, 3.63) is 24.3 Å². The molecule has 1 nitrogen and oxygen atoms in total. The van der Waals surface area contributed by atoms with Gasteiger partial charge in [-0.1, -0.05) is 13.8 Å². The molecule has 0 unspecified atom stereocenters. The molecule has 0 aliphatic carbocycles. The lowest BCUT2D eigenvalue weighted by Gasteiger charge is -2.08. The Kier molecular flexibility index (Phi) is 4.73. The molecule has 0 spiro atoms. The van der Waals surface area contributed by atoms with Gasteiger partial charge in [0.2, 0.25) is 0 Å². The third-order valence-electron chi connectivity index (χ3n) is 1.63. The van der Waals surface area contributed by atoms with E-state index in [1.54, 1.807) is 0 Å². The molecule has 0 atom stereocenters. The van der Waals surface area contributed by atoms with Crippen LogP contribution < -0.4 is 10.0 Å². The van der Waals surface area contributed by atoms with Crippen molar-refractivity contribution in [1.29, 1.82) is 0 Å². The van der Waals surface area contributed by atoms with Crippen LogP contribution in [0.25, 0.3) is 0 Å². The molecule has 1 rings (SSSR count). The van der Waals surface area contributed by atoms with Crippen molar-refractivity contribution in [2.75, 3.05) is 6.61 Å². The minimum absolute atomic E-state index is 0.546. The normalized spacial score (nSPS) is 10.2. The quantitative estimate of drug-likeness (QED) is 0.754. The van der Waals surface area contributed by atoms with Crippen LogP contribution in [0.4, 0.5) is 0 Å². The molecule has 1 aromatic carbocycles. The van der Waals surface area contributed by atoms with E-state index in [2.05, 4.69) is 13.8 Å². The van der Waals surface area contributed by atoms with Gasteiger partial charge in [-0.15, -0.1) is 0 Å². The number of hydrogen-bond acceptors (Lipinski definition) is 3. The molecule has 0 amide bonds. The predicted octanol–water partition coefficient (Wildman–Crippen LogP) is 2.75. The molecular weight excluding hydrogens is 231 g/mol. The molecule has 0 radical (unpaired) electrons. The summed E-state index contributed by atoms with van der Waals surface area (Å²) in [5.74, 6) is 1.44. The van der Waals surface area contributed by atoms with Gasteiger partial charge >= 0.3 is 0 Å². The van der Waals surface area contributed by atoms with Gasteiger partial charge in [0.1, 0.15) is 5.75 Å². The highest BCUT2D eigenvalue weighted by molar-refractivity contribution is 8.27. The van der Waals surface area contributed by atoms with Crippen LogP contribution in [0.2, 0.25) is 0 Å². The Morgan fingerprint density at radius 2 is 1.79 bits per heavy atom. The first-order chi connectivity index (χ1) is 6.59. The van der Waals surface area contributed by atoms with Crippen LogP contribution in [0.1, 0.15) is 13.8 Å². The van der Waals surface area contributed by atoms with Crippen molar-refractivity contribution >= 4 is 34.4 Å². The molecule has 14 heavy (non-hydrogen) atoms. The first-order valence-electron chi connectivity index (χ1n) is 4.47. The maximum atomic E-state index is 5.54. The molecule has 0 saturated heterocycles. The van der Waals surface area contributed by atoms with Gasteiger partial charge in [-0.2, -0.15) is 0 Å². The SMILES string of the molecule is CC(C)COc1ccc(P(=S)=S)cc1. The molecule has 1 aromatic rings. The molecular formula is C10H13OPS2. The second-order valence-corrected chi connectivity index (χ2v) is 7.37. The average molecular weight is 244 g/mol. The van der Waals surface area contributed by atoms with Gasteiger partial charge in [0.15, 0.2) is 0 Å². The summed E-state index contributed by atoms with van der Waals surface area (Å²) in [5, 5.41) is 1.06. The van der Waals surface area contributed by atoms with E-state index in [-0.39, 0.29) is 0 Å². The molecule has 0 aliphatic heterocycles. The minimum Gasteiger partial charge on any atom is -0.493 e. The molecule has 0 bridgehead atoms. The fourth-order valence-electron chi connectivity index (χ4n) is 0.927. The molecule has 0 aliphatic rings. The third kappa shape index (κ3) is 3.87. The molecule has 76 valence electrons. The lowest BCUT2D eigenvalue weighted by Crippen LogP contribution is -2.04. The van der Waals surface area contributed by atoms with Crippen molar-refractivity contribution in [3.63, 3.8) is 0 Å². The zero-order valence-electron chi connectivity index (χ0n) is 8.27. The largest absolute Gasteiger partial charge is 0.493 e. The van der Waals surface area contributed by atoms with Crippen molar-refractivity contribution in [3.8, 4) is 5.75 Å². The Balaban J connectivity index is 2.64. The van der Waals surface area contributed by atoms with Crippen molar-refractivity contribution < 1.29 is 4.74 Å². The van der Waals surface area contributed by atoms with Crippen molar-refractivity contribution in [1.82, 2.24) is 0 Å². The summed E-state index contributed by atoms with van der Waals surface area (Å²) in [5.41, 5.74) is -0.819. The van der Waals surface area contributed by atoms with Gasteiger partial charge in [-0.3, -0.25) is 0 Å². The monoisotopic (exact) mass is 244 g/mol. The van der Waals surface area contributed by atoms with Gasteiger partial charge in [0.25, 0.3) is 0 Å². The summed E-state index contributed by atoms with van der Waals surface area (Å²) < 4.78 is 5.54. The highest BCUT2D eigenvalue weighted by Gasteiger charge is 1.97. The van der Waals surface area contributed by atoms with Crippen molar-refractivity contribution in [2.45, 2.75) is 13.8 Å². The summed E-state index contributed by atoms with van der Waals surface area (Å²) in [4.78, 5) is 0. The Labute approximate surface area is 95.6 Å². The maximum absolute atomic E-state index is 5.54. The fourth-order valence-corrected chi connectivity index (χ4v) is 2.05. The van der Waals surface area contributed by atoms with E-state index in [0.717, 1.165) is 17.7 Å². The molecule has 0 heterocycles. The zero-order chi connectivity index (χ0) is 10.6. The summed E-state index contributed by atoms with van der Waals surface area (Å²) >= 11 is 10.1. The smallest absolute Gasteiger partial charge is 0.119 e. The van der Waals surface area contributed by atoms with E-state index in [4.69, 9.17) is 28.4 Å². The predicted molar refractivity (Wildman–Crippen MR) is 68.1 cm³/mol. The maximum Gasteiger partial charge on any atom is 0.119 e. The van der Waals surface area contributed by atoms with Crippen molar-refractivity contribution in [2.24, 2.45) is 5.92 Å². The molecule has 0 N–H and O–H groups in total. The second kappa shape index (κ2) is 5.59. The number of rotatable bonds is 4. The number of benzene rings is 1. The summed E-state index contributed by atoms with van der Waals surface area (Å²) in [7, 11) is 0. The molecule has 4 heteroatoms. The van der Waals surface area contributed by atoms with Gasteiger partial charge < -0.3 is 4.74 Å². The van der Waals surface area contributed by atoms with Crippen LogP contribution in [0, 0.1) is 5.92 Å². The van der Waals surface area contributed by atoms with Gasteiger partial charge in [-0.05, 0) is 53.8 Å². The number of ether oxygens (including phenoxy) is 1. The van der Waals surface area contributed by atoms with E-state index in [1.807, 2.05) is 24.3 Å². The van der Waals surface area contributed by atoms with Gasteiger partial charge in [-0.25, -0.2) is 0 Å². The third-order valence-corrected chi connectivity index (χ3v) is 3.62. The van der Waals surface area contributed by atoms with Gasteiger partial charge in [0, 0.05) is 10.8 Å². The first-order valence-corrected chi connectivity index (χ1v) is 7.83. The van der Waals surface area contributed by atoms with Crippen LogP contribution in [0.5, 0.6) is 5.75 Å². The van der Waals surface area contributed by atoms with E-state index in [0.29, 0.717) is 5.92 Å². The Morgan fingerprint density at radius 1 is 1.21 bits per heavy atom. The highest BCUT2D eigenvalue weighted by atomic mass is 32.7. The van der Waals surface area contributed by atoms with Crippen LogP contribution in [0.15, 0.2) is 24.3 Å². The fraction of sp³-hybridized carbons (Fsp3) is 0.400. The molecule has 0 fully saturated rings. The van der Waals surface area contributed by atoms with Crippen LogP contribution in [-0.4, -0.2) is 6.61 Å². The molecule has 0 saturated carbocycles. The van der Waals surface area contributed by atoms with E-state index in [9.17, 15) is 0 Å². The molecule has 0 aromatic heterocycles. The Hall–Kier alpha value is -0.240. The first kappa shape index (κ1) is 11.8. The van der Waals surface area contributed by atoms with Crippen LogP contribution in [0.3, 0.4) is 0 Å². The topological polar surface area (TPSA) is 9.23 Å². The zero-order valence-corrected chi connectivity index (χ0v) is 10.8. The summed E-state index contributed by atoms with van der Waals surface area (Å²) in [6.45, 7) is 5.00. The highest BCUT2D eigenvalue weighted by Crippen LogP contribution is 2.13. The standard InChI is InChI=1S/C10H13OPS2/c1-8(2)7-11-9-3-5-10(6-4-9)12(13)14/h3-6,8H,7H2,1-2H3. The second-order valence-electron chi connectivity index (χ2n) is 3.46. The lowest BCUT2D eigenvalue weighted by atomic mass is 10.2. The van der Waals surface area contributed by atoms with E-state index >= 15 is 0 Å². The van der Waals surface area contributed by atoms with Crippen LogP contribution in [-0.2, 0) is 23.6 Å². The Bertz CT molecular complexity index is 347. The van der Waals surface area contributed by atoms with E-state index in [1.165, 1.54) is 0 Å². The summed E-state index contributed by atoms with van der Waals surface area (Å²) in [6.07, 6.45) is 0. The minimum atomic E-state index is -0.819.